The molecule has 0 spiro atoms. The molecule has 1 atom stereocenters. The summed E-state index contributed by atoms with van der Waals surface area (Å²) in [6, 6.07) is 11.1. The minimum Gasteiger partial charge on any atom is -0.354 e. The van der Waals surface area contributed by atoms with Crippen LogP contribution >= 0.6 is 11.3 Å². The Labute approximate surface area is 177 Å². The molecule has 0 aliphatic carbocycles. The van der Waals surface area contributed by atoms with E-state index in [0.717, 1.165) is 5.56 Å². The number of amides is 1. The molecule has 8 heteroatoms. The lowest BCUT2D eigenvalue weighted by Gasteiger charge is -2.31. The predicted molar refractivity (Wildman–Crippen MR) is 116 cm³/mol. The molecular formula is C21H29N3O3S2. The summed E-state index contributed by atoms with van der Waals surface area (Å²) in [5.74, 6) is -0.133. The lowest BCUT2D eigenvalue weighted by atomic mass is 9.97. The van der Waals surface area contributed by atoms with E-state index in [-0.39, 0.29) is 17.9 Å². The third kappa shape index (κ3) is 5.25. The Hall–Kier alpha value is -1.74. The summed E-state index contributed by atoms with van der Waals surface area (Å²) < 4.78 is 27.1. The van der Waals surface area contributed by atoms with Crippen LogP contribution in [0.25, 0.3) is 0 Å². The van der Waals surface area contributed by atoms with Crippen molar-refractivity contribution in [3.8, 4) is 0 Å². The Kier molecular flexibility index (Phi) is 7.10. The fraction of sp³-hybridized carbons (Fsp3) is 0.476. The third-order valence-corrected chi connectivity index (χ3v) is 8.33. The minimum absolute atomic E-state index is 0.0146. The first-order chi connectivity index (χ1) is 13.8. The molecule has 0 unspecified atom stereocenters. The van der Waals surface area contributed by atoms with Crippen molar-refractivity contribution in [1.82, 2.24) is 14.5 Å². The van der Waals surface area contributed by atoms with E-state index in [9.17, 15) is 13.2 Å². The first-order valence-electron chi connectivity index (χ1n) is 9.83. The molecule has 158 valence electrons. The van der Waals surface area contributed by atoms with Gasteiger partial charge >= 0.3 is 0 Å². The van der Waals surface area contributed by atoms with Crippen molar-refractivity contribution in [3.05, 3.63) is 52.2 Å². The first kappa shape index (κ1) is 22.0. The van der Waals surface area contributed by atoms with E-state index in [0.29, 0.717) is 37.4 Å². The van der Waals surface area contributed by atoms with Gasteiger partial charge in [0.1, 0.15) is 0 Å². The van der Waals surface area contributed by atoms with Gasteiger partial charge in [0, 0.05) is 30.4 Å². The van der Waals surface area contributed by atoms with Gasteiger partial charge in [-0.1, -0.05) is 23.8 Å². The number of benzene rings is 1. The maximum atomic E-state index is 12.8. The summed E-state index contributed by atoms with van der Waals surface area (Å²) in [6.45, 7) is 3.22. The van der Waals surface area contributed by atoms with Gasteiger partial charge in [-0.3, -0.25) is 4.79 Å². The van der Waals surface area contributed by atoms with Gasteiger partial charge in [0.05, 0.1) is 10.9 Å². The second-order valence-corrected chi connectivity index (χ2v) is 10.6. The van der Waals surface area contributed by atoms with Crippen LogP contribution in [0.2, 0.25) is 0 Å². The number of carbonyl (C=O) groups excluding carboxylic acids is 1. The number of nitrogens with zero attached hydrogens (tertiary/aromatic N) is 2. The third-order valence-electron chi connectivity index (χ3n) is 5.45. The largest absolute Gasteiger partial charge is 0.354 e. The average molecular weight is 436 g/mol. The highest BCUT2D eigenvalue weighted by Gasteiger charge is 2.32. The number of sulfonamides is 1. The normalized spacial score (nSPS) is 17.4. The van der Waals surface area contributed by atoms with E-state index in [1.807, 2.05) is 44.6 Å². The van der Waals surface area contributed by atoms with Gasteiger partial charge in [0.25, 0.3) is 0 Å². The summed E-state index contributed by atoms with van der Waals surface area (Å²) in [7, 11) is 0.512. The molecule has 0 radical (unpaired) electrons. The molecule has 1 fully saturated rings. The molecule has 1 aromatic carbocycles. The van der Waals surface area contributed by atoms with Crippen LogP contribution in [0.4, 0.5) is 0 Å². The van der Waals surface area contributed by atoms with Crippen molar-refractivity contribution >= 4 is 27.3 Å². The molecule has 1 aliphatic heterocycles. The van der Waals surface area contributed by atoms with Gasteiger partial charge in [0.2, 0.25) is 15.9 Å². The molecule has 29 heavy (non-hydrogen) atoms. The van der Waals surface area contributed by atoms with Gasteiger partial charge in [-0.2, -0.15) is 4.31 Å². The van der Waals surface area contributed by atoms with Gasteiger partial charge in [-0.05, 0) is 57.4 Å². The van der Waals surface area contributed by atoms with Gasteiger partial charge in [-0.25, -0.2) is 8.42 Å². The topological polar surface area (TPSA) is 69.7 Å². The molecule has 3 rings (SSSR count). The number of thiophene rings is 1. The number of hydrogen-bond acceptors (Lipinski definition) is 5. The Bertz CT molecular complexity index is 901. The maximum Gasteiger partial charge on any atom is 0.243 e. The van der Waals surface area contributed by atoms with Crippen LogP contribution in [0.15, 0.2) is 46.7 Å². The highest BCUT2D eigenvalue weighted by Crippen LogP contribution is 2.25. The Balaban J connectivity index is 1.54. The number of likely N-dealkylation sites (N-methyl/N-ethyl adjacent to an activating group) is 1. The number of carbonyl (C=O) groups is 1. The first-order valence-corrected chi connectivity index (χ1v) is 12.2. The van der Waals surface area contributed by atoms with Crippen LogP contribution in [0.1, 0.15) is 29.3 Å². The van der Waals surface area contributed by atoms with Crippen molar-refractivity contribution in [2.45, 2.75) is 30.7 Å². The summed E-state index contributed by atoms with van der Waals surface area (Å²) in [5, 5.41) is 5.11. The minimum atomic E-state index is -3.50. The second kappa shape index (κ2) is 9.38. The Morgan fingerprint density at radius 2 is 1.86 bits per heavy atom. The number of rotatable bonds is 7. The zero-order valence-corrected chi connectivity index (χ0v) is 18.8. The van der Waals surface area contributed by atoms with E-state index < -0.39 is 10.0 Å². The van der Waals surface area contributed by atoms with Gasteiger partial charge < -0.3 is 10.2 Å². The summed E-state index contributed by atoms with van der Waals surface area (Å²) in [4.78, 5) is 16.3. The lowest BCUT2D eigenvalue weighted by molar-refractivity contribution is -0.126. The summed E-state index contributed by atoms with van der Waals surface area (Å²) in [5.41, 5.74) is 1.03. The molecule has 1 aliphatic rings. The van der Waals surface area contributed by atoms with Crippen LogP contribution in [0, 0.1) is 12.8 Å². The number of aryl methyl sites for hydroxylation is 1. The number of nitrogens with one attached hydrogen (secondary N) is 1. The highest BCUT2D eigenvalue weighted by atomic mass is 32.2. The molecule has 2 aromatic rings. The van der Waals surface area contributed by atoms with Crippen molar-refractivity contribution in [1.29, 1.82) is 0 Å². The molecule has 0 bridgehead atoms. The fourth-order valence-corrected chi connectivity index (χ4v) is 5.97. The van der Waals surface area contributed by atoms with E-state index in [1.54, 1.807) is 23.5 Å². The highest BCUT2D eigenvalue weighted by molar-refractivity contribution is 7.89. The van der Waals surface area contributed by atoms with Crippen LogP contribution in [-0.4, -0.2) is 57.3 Å². The maximum absolute atomic E-state index is 12.8. The SMILES string of the molecule is Cc1ccc(S(=O)(=O)N2CCC(C(=O)NC[C@H](c3cccs3)N(C)C)CC2)cc1. The molecule has 1 aromatic heterocycles. The quantitative estimate of drug-likeness (QED) is 0.726. The fourth-order valence-electron chi connectivity index (χ4n) is 3.58. The van der Waals surface area contributed by atoms with E-state index >= 15 is 0 Å². The summed E-state index contributed by atoms with van der Waals surface area (Å²) in [6.07, 6.45) is 1.09. The van der Waals surface area contributed by atoms with Crippen LogP contribution < -0.4 is 5.32 Å². The van der Waals surface area contributed by atoms with E-state index in [1.165, 1.54) is 9.18 Å². The standard InChI is InChI=1S/C21H29N3O3S2/c1-16-6-8-18(9-7-16)29(26,27)24-12-10-17(11-13-24)21(25)22-15-19(23(2)3)20-5-4-14-28-20/h4-9,14,17,19H,10-13,15H2,1-3H3,(H,22,25)/t19-/m1/s1. The zero-order chi connectivity index (χ0) is 21.0. The molecule has 1 N–H and O–H groups in total. The number of piperidine rings is 1. The second-order valence-electron chi connectivity index (χ2n) is 7.73. The number of hydrogen-bond donors (Lipinski definition) is 1. The van der Waals surface area contributed by atoms with Crippen molar-refractivity contribution in [2.75, 3.05) is 33.7 Å². The molecule has 1 amide bonds. The smallest absolute Gasteiger partial charge is 0.243 e. The van der Waals surface area contributed by atoms with E-state index in [4.69, 9.17) is 0 Å². The molecule has 1 saturated heterocycles. The monoisotopic (exact) mass is 435 g/mol. The zero-order valence-electron chi connectivity index (χ0n) is 17.2. The summed E-state index contributed by atoms with van der Waals surface area (Å²) >= 11 is 1.68. The lowest BCUT2D eigenvalue weighted by Crippen LogP contribution is -2.44. The van der Waals surface area contributed by atoms with Crippen molar-refractivity contribution in [3.63, 3.8) is 0 Å². The molecule has 0 saturated carbocycles. The van der Waals surface area contributed by atoms with Crippen molar-refractivity contribution in [2.24, 2.45) is 5.92 Å². The molecule has 6 nitrogen and oxygen atoms in total. The molecular weight excluding hydrogens is 406 g/mol. The van der Waals surface area contributed by atoms with Gasteiger partial charge in [0.15, 0.2) is 0 Å². The average Bonchev–Trinajstić information content (AvgIpc) is 3.22. The Morgan fingerprint density at radius 3 is 2.41 bits per heavy atom. The van der Waals surface area contributed by atoms with Crippen LogP contribution in [-0.2, 0) is 14.8 Å². The predicted octanol–water partition coefficient (Wildman–Crippen LogP) is 2.88. The van der Waals surface area contributed by atoms with Crippen LogP contribution in [0.3, 0.4) is 0 Å². The van der Waals surface area contributed by atoms with Gasteiger partial charge in [-0.15, -0.1) is 11.3 Å². The van der Waals surface area contributed by atoms with E-state index in [2.05, 4.69) is 16.3 Å². The molecule has 2 heterocycles. The van der Waals surface area contributed by atoms with Crippen molar-refractivity contribution < 1.29 is 13.2 Å². The Morgan fingerprint density at radius 1 is 1.21 bits per heavy atom. The van der Waals surface area contributed by atoms with Crippen LogP contribution in [0.5, 0.6) is 0 Å².